The number of nitrogens with zero attached hydrogens (tertiary/aromatic N) is 1. The minimum atomic E-state index is 0.393. The lowest BCUT2D eigenvalue weighted by Gasteiger charge is -2.11. The monoisotopic (exact) mass is 304 g/mol. The van der Waals surface area contributed by atoms with Gasteiger partial charge in [0, 0.05) is 18.7 Å². The summed E-state index contributed by atoms with van der Waals surface area (Å²) in [5.74, 6) is 1.29. The van der Waals surface area contributed by atoms with E-state index < -0.39 is 0 Å². The van der Waals surface area contributed by atoms with Crippen LogP contribution in [0.15, 0.2) is 4.47 Å². The molecule has 1 aromatic heterocycles. The molecule has 0 aliphatic carbocycles. The Morgan fingerprint density at radius 3 is 2.75 bits per heavy atom. The van der Waals surface area contributed by atoms with Crippen LogP contribution in [0.1, 0.15) is 38.2 Å². The number of ether oxygens (including phenoxy) is 1. The van der Waals surface area contributed by atoms with Crippen molar-refractivity contribution in [2.75, 3.05) is 13.2 Å². The number of nitrogens with one attached hydrogen (secondary N) is 1. The predicted octanol–water partition coefficient (Wildman–Crippen LogP) is 3.60. The number of halogens is 1. The van der Waals surface area contributed by atoms with Crippen molar-refractivity contribution in [1.29, 1.82) is 0 Å². The van der Waals surface area contributed by atoms with Gasteiger partial charge in [-0.3, -0.25) is 0 Å². The number of H-pyrrole nitrogens is 1. The first-order chi connectivity index (χ1) is 7.56. The molecule has 90 valence electrons. The smallest absolute Gasteiger partial charge is 0.144 e. The molecule has 0 radical (unpaired) electrons. The number of hydrogen-bond acceptors (Lipinski definition) is 3. The molecule has 0 unspecified atom stereocenters. The van der Waals surface area contributed by atoms with Crippen molar-refractivity contribution >= 4 is 28.1 Å². The van der Waals surface area contributed by atoms with E-state index in [-0.39, 0.29) is 0 Å². The van der Waals surface area contributed by atoms with Crippen LogP contribution in [-0.2, 0) is 11.2 Å². The summed E-state index contributed by atoms with van der Waals surface area (Å²) in [4.78, 5) is 7.63. The van der Waals surface area contributed by atoms with Crippen molar-refractivity contribution in [1.82, 2.24) is 9.97 Å². The van der Waals surface area contributed by atoms with Gasteiger partial charge >= 0.3 is 0 Å². The van der Waals surface area contributed by atoms with Crippen LogP contribution in [0.5, 0.6) is 0 Å². The molecule has 0 amide bonds. The van der Waals surface area contributed by atoms with Crippen molar-refractivity contribution < 1.29 is 4.74 Å². The van der Waals surface area contributed by atoms with Gasteiger partial charge in [0.05, 0.1) is 11.1 Å². The average Bonchev–Trinajstić information content (AvgIpc) is 2.23. The Morgan fingerprint density at radius 2 is 2.19 bits per heavy atom. The Bertz CT molecular complexity index is 403. The third-order valence-electron chi connectivity index (χ3n) is 2.20. The van der Waals surface area contributed by atoms with Gasteiger partial charge in [-0.1, -0.05) is 26.1 Å². The van der Waals surface area contributed by atoms with Gasteiger partial charge in [0.1, 0.15) is 10.5 Å². The topological polar surface area (TPSA) is 37.9 Å². The summed E-state index contributed by atoms with van der Waals surface area (Å²) in [5, 5.41) is 0. The Kier molecular flexibility index (Phi) is 5.58. The first kappa shape index (κ1) is 13.8. The third-order valence-corrected chi connectivity index (χ3v) is 3.56. The van der Waals surface area contributed by atoms with E-state index in [0.717, 1.165) is 29.0 Å². The molecule has 5 heteroatoms. The second-order valence-corrected chi connectivity index (χ2v) is 5.00. The van der Waals surface area contributed by atoms with E-state index in [4.69, 9.17) is 17.0 Å². The Morgan fingerprint density at radius 1 is 1.50 bits per heavy atom. The van der Waals surface area contributed by atoms with Crippen molar-refractivity contribution in [2.24, 2.45) is 0 Å². The van der Waals surface area contributed by atoms with E-state index >= 15 is 0 Å². The molecule has 0 saturated heterocycles. The largest absolute Gasteiger partial charge is 0.381 e. The van der Waals surface area contributed by atoms with E-state index in [2.05, 4.69) is 39.7 Å². The zero-order valence-electron chi connectivity index (χ0n) is 9.84. The van der Waals surface area contributed by atoms with Crippen molar-refractivity contribution in [2.45, 2.75) is 33.1 Å². The maximum Gasteiger partial charge on any atom is 0.144 e. The standard InChI is InChI=1S/C11H17BrN2OS/c1-4-15-6-5-8-13-10(7(2)3)9(12)11(16)14-8/h7H,4-6H2,1-3H3,(H,13,14,16). The van der Waals surface area contributed by atoms with Crippen LogP contribution in [0.2, 0.25) is 0 Å². The summed E-state index contributed by atoms with van der Waals surface area (Å²) in [6.45, 7) is 7.63. The zero-order chi connectivity index (χ0) is 12.1. The third kappa shape index (κ3) is 3.64. The van der Waals surface area contributed by atoms with Gasteiger partial charge in [-0.15, -0.1) is 0 Å². The highest BCUT2D eigenvalue weighted by atomic mass is 79.9. The number of aromatic amines is 1. The Hall–Kier alpha value is -0.260. The molecule has 0 aliphatic rings. The Labute approximate surface area is 110 Å². The van der Waals surface area contributed by atoms with E-state index in [1.165, 1.54) is 0 Å². The zero-order valence-corrected chi connectivity index (χ0v) is 12.2. The Balaban J connectivity index is 2.91. The molecule has 1 aromatic rings. The first-order valence-corrected chi connectivity index (χ1v) is 6.62. The van der Waals surface area contributed by atoms with Gasteiger partial charge < -0.3 is 9.72 Å². The summed E-state index contributed by atoms with van der Waals surface area (Å²) in [6, 6.07) is 0. The SMILES string of the molecule is CCOCCc1nc(=S)c(Br)c(C(C)C)[nH]1. The maximum absolute atomic E-state index is 5.30. The van der Waals surface area contributed by atoms with Crippen molar-refractivity contribution in [3.05, 3.63) is 20.6 Å². The predicted molar refractivity (Wildman–Crippen MR) is 71.4 cm³/mol. The molecule has 3 nitrogen and oxygen atoms in total. The van der Waals surface area contributed by atoms with Crippen LogP contribution in [0.4, 0.5) is 0 Å². The van der Waals surface area contributed by atoms with Crippen LogP contribution < -0.4 is 0 Å². The van der Waals surface area contributed by atoms with Gasteiger partial charge in [0.15, 0.2) is 0 Å². The minimum absolute atomic E-state index is 0.393. The van der Waals surface area contributed by atoms with Crippen LogP contribution in [0.25, 0.3) is 0 Å². The molecule has 0 saturated carbocycles. The highest BCUT2D eigenvalue weighted by Crippen LogP contribution is 2.23. The minimum Gasteiger partial charge on any atom is -0.381 e. The molecule has 0 bridgehead atoms. The van der Waals surface area contributed by atoms with Gasteiger partial charge in [-0.2, -0.15) is 0 Å². The molecule has 1 rings (SSSR count). The fourth-order valence-corrected chi connectivity index (χ4v) is 2.22. The van der Waals surface area contributed by atoms with Gasteiger partial charge in [0.2, 0.25) is 0 Å². The summed E-state index contributed by atoms with van der Waals surface area (Å²) in [5.41, 5.74) is 1.10. The number of aromatic nitrogens is 2. The molecular formula is C11H17BrN2OS. The summed E-state index contributed by atoms with van der Waals surface area (Å²) in [7, 11) is 0. The summed E-state index contributed by atoms with van der Waals surface area (Å²) in [6.07, 6.45) is 0.768. The summed E-state index contributed by atoms with van der Waals surface area (Å²) < 4.78 is 6.82. The second kappa shape index (κ2) is 6.47. The molecule has 0 aliphatic heterocycles. The molecular weight excluding hydrogens is 288 g/mol. The lowest BCUT2D eigenvalue weighted by atomic mass is 10.1. The number of rotatable bonds is 5. The van der Waals surface area contributed by atoms with Gasteiger partial charge in [0.25, 0.3) is 0 Å². The van der Waals surface area contributed by atoms with Crippen LogP contribution in [0.3, 0.4) is 0 Å². The number of hydrogen-bond donors (Lipinski definition) is 1. The fourth-order valence-electron chi connectivity index (χ4n) is 1.35. The lowest BCUT2D eigenvalue weighted by Crippen LogP contribution is -2.06. The molecule has 0 spiro atoms. The van der Waals surface area contributed by atoms with Crippen LogP contribution in [-0.4, -0.2) is 23.2 Å². The van der Waals surface area contributed by atoms with E-state index in [0.29, 0.717) is 17.2 Å². The maximum atomic E-state index is 5.30. The van der Waals surface area contributed by atoms with E-state index in [9.17, 15) is 0 Å². The van der Waals surface area contributed by atoms with Gasteiger partial charge in [-0.25, -0.2) is 4.98 Å². The highest BCUT2D eigenvalue weighted by molar-refractivity contribution is 9.10. The molecule has 1 N–H and O–H groups in total. The molecule has 0 fully saturated rings. The van der Waals surface area contributed by atoms with Crippen LogP contribution in [0, 0.1) is 4.64 Å². The summed E-state index contributed by atoms with van der Waals surface area (Å²) >= 11 is 8.68. The average molecular weight is 305 g/mol. The lowest BCUT2D eigenvalue weighted by molar-refractivity contribution is 0.149. The highest BCUT2D eigenvalue weighted by Gasteiger charge is 2.09. The normalized spacial score (nSPS) is 11.1. The van der Waals surface area contributed by atoms with Gasteiger partial charge in [-0.05, 0) is 28.8 Å². The van der Waals surface area contributed by atoms with Crippen molar-refractivity contribution in [3.63, 3.8) is 0 Å². The molecule has 16 heavy (non-hydrogen) atoms. The van der Waals surface area contributed by atoms with Crippen molar-refractivity contribution in [3.8, 4) is 0 Å². The molecule has 0 aromatic carbocycles. The second-order valence-electron chi connectivity index (χ2n) is 3.82. The fraction of sp³-hybridized carbons (Fsp3) is 0.636. The van der Waals surface area contributed by atoms with E-state index in [1.54, 1.807) is 0 Å². The first-order valence-electron chi connectivity index (χ1n) is 5.42. The van der Waals surface area contributed by atoms with E-state index in [1.807, 2.05) is 6.92 Å². The molecule has 1 heterocycles. The van der Waals surface area contributed by atoms with Crippen LogP contribution >= 0.6 is 28.1 Å². The quantitative estimate of drug-likeness (QED) is 0.667. The molecule has 0 atom stereocenters.